The summed E-state index contributed by atoms with van der Waals surface area (Å²) in [6, 6.07) is 5.32. The number of aryl methyl sites for hydroxylation is 2. The van der Waals surface area contributed by atoms with Gasteiger partial charge in [-0.3, -0.25) is 14.5 Å². The standard InChI is InChI=1S/C18H17N7O/c1-3-24-11-15(12(2)23-24)16-6-9-20-17-14(10-21-25(16)17)18(26)22-13-4-7-19-8-5-13/h4-11H,3H2,1-2H3,(H,19,22,26). The molecular formula is C18H17N7O. The van der Waals surface area contributed by atoms with E-state index in [9.17, 15) is 4.79 Å². The number of nitrogens with one attached hydrogen (secondary N) is 1. The average Bonchev–Trinajstić information content (AvgIpc) is 3.25. The molecule has 0 radical (unpaired) electrons. The highest BCUT2D eigenvalue weighted by Gasteiger charge is 2.18. The Morgan fingerprint density at radius 2 is 2.00 bits per heavy atom. The number of hydrogen-bond donors (Lipinski definition) is 1. The van der Waals surface area contributed by atoms with E-state index in [-0.39, 0.29) is 5.91 Å². The number of carbonyl (C=O) groups excluding carboxylic acids is 1. The Kier molecular flexibility index (Phi) is 3.92. The summed E-state index contributed by atoms with van der Waals surface area (Å²) in [5.74, 6) is -0.267. The maximum atomic E-state index is 12.6. The summed E-state index contributed by atoms with van der Waals surface area (Å²) in [6.45, 7) is 4.77. The van der Waals surface area contributed by atoms with E-state index in [1.54, 1.807) is 35.2 Å². The van der Waals surface area contributed by atoms with Crippen molar-refractivity contribution in [3.8, 4) is 11.3 Å². The predicted molar refractivity (Wildman–Crippen MR) is 96.8 cm³/mol. The monoisotopic (exact) mass is 347 g/mol. The molecule has 1 amide bonds. The highest BCUT2D eigenvalue weighted by atomic mass is 16.1. The molecule has 8 heteroatoms. The van der Waals surface area contributed by atoms with Gasteiger partial charge < -0.3 is 5.32 Å². The number of amides is 1. The lowest BCUT2D eigenvalue weighted by atomic mass is 10.2. The highest BCUT2D eigenvalue weighted by Crippen LogP contribution is 2.24. The third-order valence-corrected chi connectivity index (χ3v) is 4.13. The SMILES string of the molecule is CCn1cc(-c2ccnc3c(C(=O)Nc4ccncc4)cnn23)c(C)n1. The maximum absolute atomic E-state index is 12.6. The molecule has 4 aromatic rings. The fourth-order valence-corrected chi connectivity index (χ4v) is 2.82. The maximum Gasteiger partial charge on any atom is 0.261 e. The summed E-state index contributed by atoms with van der Waals surface area (Å²) < 4.78 is 3.54. The van der Waals surface area contributed by atoms with E-state index in [0.29, 0.717) is 16.9 Å². The van der Waals surface area contributed by atoms with Gasteiger partial charge in [-0.1, -0.05) is 0 Å². The number of anilines is 1. The Balaban J connectivity index is 1.75. The minimum atomic E-state index is -0.267. The fraction of sp³-hybridized carbons (Fsp3) is 0.167. The van der Waals surface area contributed by atoms with Gasteiger partial charge >= 0.3 is 0 Å². The Hall–Kier alpha value is -3.55. The van der Waals surface area contributed by atoms with Gasteiger partial charge in [0.15, 0.2) is 5.65 Å². The molecule has 0 bridgehead atoms. The molecule has 8 nitrogen and oxygen atoms in total. The molecule has 0 unspecified atom stereocenters. The molecule has 1 N–H and O–H groups in total. The van der Waals surface area contributed by atoms with Crippen LogP contribution in [0.3, 0.4) is 0 Å². The van der Waals surface area contributed by atoms with Gasteiger partial charge in [-0.05, 0) is 32.0 Å². The van der Waals surface area contributed by atoms with Crippen LogP contribution in [0.2, 0.25) is 0 Å². The van der Waals surface area contributed by atoms with E-state index in [1.165, 1.54) is 6.20 Å². The summed E-state index contributed by atoms with van der Waals surface area (Å²) >= 11 is 0. The van der Waals surface area contributed by atoms with E-state index in [0.717, 1.165) is 23.5 Å². The van der Waals surface area contributed by atoms with Crippen molar-refractivity contribution in [2.75, 3.05) is 5.32 Å². The van der Waals surface area contributed by atoms with Crippen molar-refractivity contribution in [2.24, 2.45) is 0 Å². The molecule has 0 aliphatic carbocycles. The van der Waals surface area contributed by atoms with Crippen molar-refractivity contribution in [1.82, 2.24) is 29.4 Å². The highest BCUT2D eigenvalue weighted by molar-refractivity contribution is 6.08. The van der Waals surface area contributed by atoms with E-state index < -0.39 is 0 Å². The van der Waals surface area contributed by atoms with Gasteiger partial charge in [0.05, 0.1) is 17.6 Å². The van der Waals surface area contributed by atoms with Gasteiger partial charge in [0.2, 0.25) is 0 Å². The van der Waals surface area contributed by atoms with Crippen LogP contribution in [0.25, 0.3) is 16.9 Å². The van der Waals surface area contributed by atoms with E-state index in [2.05, 4.69) is 25.5 Å². The molecule has 0 spiro atoms. The minimum absolute atomic E-state index is 0.267. The van der Waals surface area contributed by atoms with Gasteiger partial charge in [0.25, 0.3) is 5.91 Å². The number of pyridine rings is 1. The zero-order valence-electron chi connectivity index (χ0n) is 14.4. The van der Waals surface area contributed by atoms with Gasteiger partial charge in [-0.15, -0.1) is 0 Å². The fourth-order valence-electron chi connectivity index (χ4n) is 2.82. The average molecular weight is 347 g/mol. The van der Waals surface area contributed by atoms with Gasteiger partial charge in [-0.2, -0.15) is 10.2 Å². The number of rotatable bonds is 4. The van der Waals surface area contributed by atoms with Crippen LogP contribution in [0.15, 0.2) is 49.2 Å². The van der Waals surface area contributed by atoms with Crippen molar-refractivity contribution in [2.45, 2.75) is 20.4 Å². The van der Waals surface area contributed by atoms with Crippen molar-refractivity contribution < 1.29 is 4.79 Å². The molecule has 0 aliphatic heterocycles. The van der Waals surface area contributed by atoms with E-state index >= 15 is 0 Å². The van der Waals surface area contributed by atoms with Gasteiger partial charge in [0, 0.05) is 42.6 Å². The lowest BCUT2D eigenvalue weighted by Gasteiger charge is -2.05. The molecule has 26 heavy (non-hydrogen) atoms. The Morgan fingerprint density at radius 3 is 2.73 bits per heavy atom. The second kappa shape index (κ2) is 6.40. The van der Waals surface area contributed by atoms with Crippen LogP contribution in [-0.2, 0) is 6.54 Å². The summed E-state index contributed by atoms with van der Waals surface area (Å²) in [4.78, 5) is 20.9. The largest absolute Gasteiger partial charge is 0.322 e. The first-order chi connectivity index (χ1) is 12.7. The molecule has 130 valence electrons. The van der Waals surface area contributed by atoms with Crippen LogP contribution in [0.5, 0.6) is 0 Å². The normalized spacial score (nSPS) is 11.0. The summed E-state index contributed by atoms with van der Waals surface area (Å²) in [7, 11) is 0. The van der Waals surface area contributed by atoms with Crippen LogP contribution in [0.1, 0.15) is 23.0 Å². The molecule has 0 aliphatic rings. The zero-order chi connectivity index (χ0) is 18.1. The number of aromatic nitrogens is 6. The molecule has 4 heterocycles. The minimum Gasteiger partial charge on any atom is -0.322 e. The molecule has 0 saturated heterocycles. The Labute approximate surface area is 149 Å². The van der Waals surface area contributed by atoms with Crippen molar-refractivity contribution in [1.29, 1.82) is 0 Å². The molecule has 4 rings (SSSR count). The van der Waals surface area contributed by atoms with Gasteiger partial charge in [-0.25, -0.2) is 9.50 Å². The van der Waals surface area contributed by atoms with Crippen LogP contribution >= 0.6 is 0 Å². The van der Waals surface area contributed by atoms with Crippen molar-refractivity contribution >= 4 is 17.2 Å². The molecular weight excluding hydrogens is 330 g/mol. The predicted octanol–water partition coefficient (Wildman–Crippen LogP) is 2.57. The number of hydrogen-bond acceptors (Lipinski definition) is 5. The topological polar surface area (TPSA) is 90.0 Å². The smallest absolute Gasteiger partial charge is 0.261 e. The second-order valence-electron chi connectivity index (χ2n) is 5.80. The number of fused-ring (bicyclic) bond motifs is 1. The van der Waals surface area contributed by atoms with Crippen LogP contribution < -0.4 is 5.32 Å². The lowest BCUT2D eigenvalue weighted by Crippen LogP contribution is -2.12. The zero-order valence-corrected chi connectivity index (χ0v) is 14.4. The Morgan fingerprint density at radius 1 is 1.19 bits per heavy atom. The van der Waals surface area contributed by atoms with Crippen LogP contribution in [0.4, 0.5) is 5.69 Å². The molecule has 4 aromatic heterocycles. The summed E-state index contributed by atoms with van der Waals surface area (Å²) in [6.07, 6.45) is 8.43. The van der Waals surface area contributed by atoms with E-state index in [4.69, 9.17) is 0 Å². The molecule has 0 aromatic carbocycles. The van der Waals surface area contributed by atoms with Crippen molar-refractivity contribution in [3.05, 3.63) is 60.4 Å². The Bertz CT molecular complexity index is 1080. The number of nitrogens with zero attached hydrogens (tertiary/aromatic N) is 6. The molecule has 0 saturated carbocycles. The summed E-state index contributed by atoms with van der Waals surface area (Å²) in [5, 5.41) is 11.7. The van der Waals surface area contributed by atoms with Crippen LogP contribution in [0, 0.1) is 6.92 Å². The third-order valence-electron chi connectivity index (χ3n) is 4.13. The molecule has 0 atom stereocenters. The first-order valence-corrected chi connectivity index (χ1v) is 8.26. The van der Waals surface area contributed by atoms with Crippen LogP contribution in [-0.4, -0.2) is 35.3 Å². The summed E-state index contributed by atoms with van der Waals surface area (Å²) in [5.41, 5.74) is 4.28. The quantitative estimate of drug-likeness (QED) is 0.613. The number of carbonyl (C=O) groups is 1. The third kappa shape index (κ3) is 2.71. The van der Waals surface area contributed by atoms with Crippen molar-refractivity contribution in [3.63, 3.8) is 0 Å². The van der Waals surface area contributed by atoms with E-state index in [1.807, 2.05) is 30.8 Å². The lowest BCUT2D eigenvalue weighted by molar-refractivity contribution is 0.102. The second-order valence-corrected chi connectivity index (χ2v) is 5.80. The van der Waals surface area contributed by atoms with Gasteiger partial charge in [0.1, 0.15) is 5.56 Å². The first-order valence-electron chi connectivity index (χ1n) is 8.26. The first kappa shape index (κ1) is 15.9. The molecule has 0 fully saturated rings.